The Hall–Kier alpha value is -3.75. The van der Waals surface area contributed by atoms with Crippen LogP contribution in [0.15, 0.2) is 53.2 Å². The highest BCUT2D eigenvalue weighted by atomic mass is 19.1. The van der Waals surface area contributed by atoms with E-state index in [-0.39, 0.29) is 23.1 Å². The molecule has 1 fully saturated rings. The van der Waals surface area contributed by atoms with E-state index in [1.165, 1.54) is 24.4 Å². The molecule has 158 valence electrons. The number of rotatable bonds is 3. The molecule has 1 aliphatic rings. The Morgan fingerprint density at radius 2 is 1.97 bits per heavy atom. The molecule has 0 aliphatic carbocycles. The number of fused-ring (bicyclic) bond motifs is 1. The van der Waals surface area contributed by atoms with Gasteiger partial charge < -0.3 is 20.1 Å². The Labute approximate surface area is 177 Å². The highest BCUT2D eigenvalue weighted by Crippen LogP contribution is 2.34. The summed E-state index contributed by atoms with van der Waals surface area (Å²) in [6.45, 7) is 3.55. The molecule has 0 amide bonds. The van der Waals surface area contributed by atoms with E-state index >= 15 is 0 Å². The molecule has 9 heteroatoms. The predicted molar refractivity (Wildman–Crippen MR) is 114 cm³/mol. The van der Waals surface area contributed by atoms with Crippen LogP contribution in [0.2, 0.25) is 0 Å². The van der Waals surface area contributed by atoms with Gasteiger partial charge in [-0.05, 0) is 37.3 Å². The van der Waals surface area contributed by atoms with Gasteiger partial charge in [-0.1, -0.05) is 11.2 Å². The van der Waals surface area contributed by atoms with Crippen LogP contribution >= 0.6 is 0 Å². The summed E-state index contributed by atoms with van der Waals surface area (Å²) in [7, 11) is 0. The van der Waals surface area contributed by atoms with Gasteiger partial charge in [-0.2, -0.15) is 5.10 Å². The minimum Gasteiger partial charge on any atom is -0.382 e. The zero-order chi connectivity index (χ0) is 21.5. The number of nitrogens with two attached hydrogens (primary N) is 1. The zero-order valence-electron chi connectivity index (χ0n) is 16.8. The van der Waals surface area contributed by atoms with Crippen LogP contribution in [0.25, 0.3) is 10.8 Å². The molecule has 0 spiro atoms. The number of nitrogen functional groups attached to an aromatic ring is 1. The van der Waals surface area contributed by atoms with Crippen LogP contribution in [0.4, 0.5) is 26.0 Å². The second-order valence-corrected chi connectivity index (χ2v) is 7.62. The number of nitrogens with zero attached hydrogens (tertiary/aromatic N) is 5. The van der Waals surface area contributed by atoms with E-state index in [4.69, 9.17) is 10.3 Å². The molecule has 1 aliphatic heterocycles. The third-order valence-electron chi connectivity index (χ3n) is 5.60. The third-order valence-corrected chi connectivity index (χ3v) is 5.60. The molecule has 3 heterocycles. The van der Waals surface area contributed by atoms with Gasteiger partial charge in [-0.25, -0.2) is 8.78 Å². The van der Waals surface area contributed by atoms with Crippen molar-refractivity contribution in [2.45, 2.75) is 13.0 Å². The monoisotopic (exact) mass is 422 g/mol. The van der Waals surface area contributed by atoms with E-state index in [9.17, 15) is 8.78 Å². The van der Waals surface area contributed by atoms with Crippen LogP contribution in [0.1, 0.15) is 17.5 Å². The molecule has 1 atom stereocenters. The number of halogens is 2. The van der Waals surface area contributed by atoms with Gasteiger partial charge >= 0.3 is 0 Å². The second-order valence-electron chi connectivity index (χ2n) is 7.62. The first-order valence-corrected chi connectivity index (χ1v) is 9.90. The quantitative estimate of drug-likeness (QED) is 0.537. The highest BCUT2D eigenvalue weighted by molar-refractivity contribution is 5.93. The van der Waals surface area contributed by atoms with Crippen molar-refractivity contribution in [2.75, 3.05) is 35.2 Å². The number of hydrogen-bond donors (Lipinski definition) is 1. The summed E-state index contributed by atoms with van der Waals surface area (Å²) in [5.74, 6) is 0.0112. The molecular formula is C22H20F2N6O. The average Bonchev–Trinajstić information content (AvgIpc) is 3.19. The summed E-state index contributed by atoms with van der Waals surface area (Å²) < 4.78 is 34.0. The normalized spacial score (nSPS) is 16.8. The van der Waals surface area contributed by atoms with Gasteiger partial charge in [0.2, 0.25) is 0 Å². The summed E-state index contributed by atoms with van der Waals surface area (Å²) in [6, 6.07) is 11.5. The molecule has 0 bridgehead atoms. The molecule has 1 saturated heterocycles. The topological polar surface area (TPSA) is 84.3 Å². The van der Waals surface area contributed by atoms with E-state index in [2.05, 4.69) is 25.2 Å². The van der Waals surface area contributed by atoms with Crippen molar-refractivity contribution in [3.05, 3.63) is 71.8 Å². The van der Waals surface area contributed by atoms with E-state index in [1.54, 1.807) is 6.07 Å². The Balaban J connectivity index is 1.52. The first-order chi connectivity index (χ1) is 15.0. The summed E-state index contributed by atoms with van der Waals surface area (Å²) in [5.41, 5.74) is 8.01. The Morgan fingerprint density at radius 1 is 1.10 bits per heavy atom. The number of piperazine rings is 1. The van der Waals surface area contributed by atoms with Gasteiger partial charge in [-0.3, -0.25) is 0 Å². The minimum atomic E-state index is -0.443. The number of aryl methyl sites for hydroxylation is 1. The summed E-state index contributed by atoms with van der Waals surface area (Å²) in [5, 5.41) is 12.6. The number of anilines is 3. The lowest BCUT2D eigenvalue weighted by Crippen LogP contribution is -2.49. The molecule has 0 unspecified atom stereocenters. The number of benzene rings is 2. The average molecular weight is 422 g/mol. The molecule has 2 aromatic heterocycles. The van der Waals surface area contributed by atoms with Gasteiger partial charge in [0.15, 0.2) is 5.82 Å². The Morgan fingerprint density at radius 3 is 2.74 bits per heavy atom. The zero-order valence-corrected chi connectivity index (χ0v) is 16.8. The lowest BCUT2D eigenvalue weighted by Gasteiger charge is -2.43. The van der Waals surface area contributed by atoms with Crippen molar-refractivity contribution in [3.8, 4) is 0 Å². The van der Waals surface area contributed by atoms with E-state index in [0.29, 0.717) is 36.5 Å². The summed E-state index contributed by atoms with van der Waals surface area (Å²) in [4.78, 5) is 4.17. The molecule has 4 aromatic rings. The minimum absolute atomic E-state index is 0.0634. The fraction of sp³-hybridized carbons (Fsp3) is 0.227. The smallest absolute Gasteiger partial charge is 0.156 e. The first kappa shape index (κ1) is 19.2. The summed E-state index contributed by atoms with van der Waals surface area (Å²) in [6.07, 6.45) is 1.50. The predicted octanol–water partition coefficient (Wildman–Crippen LogP) is 3.85. The fourth-order valence-electron chi connectivity index (χ4n) is 4.15. The van der Waals surface area contributed by atoms with E-state index < -0.39 is 5.82 Å². The molecular weight excluding hydrogens is 402 g/mol. The SMILES string of the molecule is Cc1cc([C@H]2CN(c3cc(F)c4c(N)nncc4c3)CCN2c2cccc(F)c2)no1. The maximum absolute atomic E-state index is 14.8. The van der Waals surface area contributed by atoms with Gasteiger partial charge in [-0.15, -0.1) is 5.10 Å². The maximum Gasteiger partial charge on any atom is 0.156 e. The maximum atomic E-state index is 14.8. The molecule has 31 heavy (non-hydrogen) atoms. The molecule has 2 aromatic carbocycles. The van der Waals surface area contributed by atoms with Crippen LogP contribution < -0.4 is 15.5 Å². The van der Waals surface area contributed by atoms with Crippen molar-refractivity contribution in [3.63, 3.8) is 0 Å². The van der Waals surface area contributed by atoms with Crippen molar-refractivity contribution in [1.29, 1.82) is 0 Å². The third kappa shape index (κ3) is 3.52. The molecule has 0 saturated carbocycles. The van der Waals surface area contributed by atoms with Crippen LogP contribution in [-0.2, 0) is 0 Å². The van der Waals surface area contributed by atoms with E-state index in [0.717, 1.165) is 11.4 Å². The molecule has 2 N–H and O–H groups in total. The molecule has 5 rings (SSSR count). The van der Waals surface area contributed by atoms with Gasteiger partial charge in [0.05, 0.1) is 17.6 Å². The van der Waals surface area contributed by atoms with Crippen LogP contribution in [0.5, 0.6) is 0 Å². The molecule has 7 nitrogen and oxygen atoms in total. The highest BCUT2D eigenvalue weighted by Gasteiger charge is 2.31. The number of hydrogen-bond acceptors (Lipinski definition) is 7. The molecule has 0 radical (unpaired) electrons. The summed E-state index contributed by atoms with van der Waals surface area (Å²) >= 11 is 0. The van der Waals surface area contributed by atoms with Gasteiger partial charge in [0, 0.05) is 42.5 Å². The van der Waals surface area contributed by atoms with Crippen molar-refractivity contribution in [2.24, 2.45) is 0 Å². The van der Waals surface area contributed by atoms with Crippen molar-refractivity contribution in [1.82, 2.24) is 15.4 Å². The lowest BCUT2D eigenvalue weighted by atomic mass is 10.0. The van der Waals surface area contributed by atoms with Crippen LogP contribution in [0.3, 0.4) is 0 Å². The van der Waals surface area contributed by atoms with Gasteiger partial charge in [0.1, 0.15) is 23.1 Å². The first-order valence-electron chi connectivity index (χ1n) is 9.90. The second kappa shape index (κ2) is 7.50. The fourth-order valence-corrected chi connectivity index (χ4v) is 4.15. The van der Waals surface area contributed by atoms with Gasteiger partial charge in [0.25, 0.3) is 0 Å². The van der Waals surface area contributed by atoms with Crippen LogP contribution in [0, 0.1) is 18.6 Å². The Bertz CT molecular complexity index is 1260. The lowest BCUT2D eigenvalue weighted by molar-refractivity contribution is 0.380. The standard InChI is InChI=1S/C22H20F2N6O/c1-13-7-19(28-31-13)20-12-29(5-6-30(20)16-4-2-3-15(23)9-16)17-8-14-11-26-27-22(25)21(14)18(24)10-17/h2-4,7-11,20H,5-6,12H2,1H3,(H2,25,27)/t20-/m1/s1. The van der Waals surface area contributed by atoms with Crippen LogP contribution in [-0.4, -0.2) is 35.0 Å². The Kier molecular flexibility index (Phi) is 4.65. The van der Waals surface area contributed by atoms with Crippen molar-refractivity contribution < 1.29 is 13.3 Å². The van der Waals surface area contributed by atoms with Crippen molar-refractivity contribution >= 4 is 28.0 Å². The number of aromatic nitrogens is 3. The van der Waals surface area contributed by atoms with E-state index in [1.807, 2.05) is 25.1 Å². The largest absolute Gasteiger partial charge is 0.382 e.